The summed E-state index contributed by atoms with van der Waals surface area (Å²) < 4.78 is 1.23. The average Bonchev–Trinajstić information content (AvgIpc) is 2.52. The van der Waals surface area contributed by atoms with Crippen LogP contribution < -0.4 is 16.9 Å². The normalized spacial score (nSPS) is 9.62. The molecule has 1 aromatic heterocycles. The Bertz CT molecular complexity index is 331. The second kappa shape index (κ2) is 3.72. The van der Waals surface area contributed by atoms with Crippen LogP contribution in [0.4, 0.5) is 0 Å². The summed E-state index contributed by atoms with van der Waals surface area (Å²) in [6, 6.07) is 3.09. The van der Waals surface area contributed by atoms with Crippen LogP contribution >= 0.6 is 0 Å². The number of nitrogens with two attached hydrogens (primary N) is 2. The molecule has 2 amide bonds. The van der Waals surface area contributed by atoms with Crippen LogP contribution in [0, 0.1) is 0 Å². The van der Waals surface area contributed by atoms with Gasteiger partial charge in [0.1, 0.15) is 5.69 Å². The third-order valence-corrected chi connectivity index (χ3v) is 1.43. The fourth-order valence-electron chi connectivity index (χ4n) is 0.859. The molecular weight excluding hydrogens is 172 g/mol. The number of amides is 2. The molecule has 6 nitrogen and oxygen atoms in total. The number of carbonyl (C=O) groups excluding carboxylic acids is 2. The summed E-state index contributed by atoms with van der Waals surface area (Å²) in [7, 11) is 0. The Labute approximate surface area is 74.5 Å². The number of carbonyl (C=O) groups is 2. The Hall–Kier alpha value is -1.82. The predicted octanol–water partition coefficient (Wildman–Crippen LogP) is -1.38. The van der Waals surface area contributed by atoms with Gasteiger partial charge >= 0.3 is 0 Å². The van der Waals surface area contributed by atoms with Gasteiger partial charge in [-0.05, 0) is 12.1 Å². The zero-order valence-electron chi connectivity index (χ0n) is 6.86. The first kappa shape index (κ1) is 9.27. The minimum Gasteiger partial charge on any atom is -0.364 e. The molecule has 1 rings (SSSR count). The van der Waals surface area contributed by atoms with Gasteiger partial charge in [0.25, 0.3) is 11.8 Å². The molecule has 0 fully saturated rings. The van der Waals surface area contributed by atoms with Crippen LogP contribution in [-0.4, -0.2) is 23.0 Å². The van der Waals surface area contributed by atoms with Gasteiger partial charge in [-0.2, -0.15) is 0 Å². The van der Waals surface area contributed by atoms with Gasteiger partial charge in [-0.1, -0.05) is 0 Å². The first-order valence-corrected chi connectivity index (χ1v) is 3.62. The molecule has 5 N–H and O–H groups in total. The number of rotatable bonds is 3. The van der Waals surface area contributed by atoms with Crippen molar-refractivity contribution in [3.8, 4) is 0 Å². The van der Waals surface area contributed by atoms with Crippen LogP contribution in [0.5, 0.6) is 0 Å². The topological polar surface area (TPSA) is 103 Å². The fourth-order valence-corrected chi connectivity index (χ4v) is 0.859. The van der Waals surface area contributed by atoms with Crippen molar-refractivity contribution in [3.05, 3.63) is 24.0 Å². The monoisotopic (exact) mass is 182 g/mol. The first-order chi connectivity index (χ1) is 6.15. The van der Waals surface area contributed by atoms with Crippen LogP contribution in [0.1, 0.15) is 10.5 Å². The van der Waals surface area contributed by atoms with E-state index in [0.717, 1.165) is 0 Å². The highest BCUT2D eigenvalue weighted by atomic mass is 16.2. The summed E-state index contributed by atoms with van der Waals surface area (Å²) in [5.74, 6) is -0.999. The van der Waals surface area contributed by atoms with Gasteiger partial charge in [0.05, 0.1) is 6.54 Å². The van der Waals surface area contributed by atoms with Gasteiger partial charge in [-0.15, -0.1) is 0 Å². The van der Waals surface area contributed by atoms with Crippen LogP contribution in [-0.2, 0) is 4.79 Å². The maximum Gasteiger partial charge on any atom is 0.267 e. The molecule has 0 spiro atoms. The number of primary amides is 1. The largest absolute Gasteiger partial charge is 0.364 e. The molecule has 0 atom stereocenters. The summed E-state index contributed by atoms with van der Waals surface area (Å²) >= 11 is 0. The molecule has 0 aliphatic carbocycles. The van der Waals surface area contributed by atoms with E-state index in [1.807, 2.05) is 0 Å². The van der Waals surface area contributed by atoms with Gasteiger partial charge in [0, 0.05) is 6.20 Å². The average molecular weight is 182 g/mol. The highest BCUT2D eigenvalue weighted by molar-refractivity contribution is 5.93. The molecule has 1 heterocycles. The van der Waals surface area contributed by atoms with Crippen molar-refractivity contribution in [1.82, 2.24) is 4.68 Å². The van der Waals surface area contributed by atoms with Crippen molar-refractivity contribution in [2.24, 2.45) is 11.5 Å². The van der Waals surface area contributed by atoms with Crippen LogP contribution in [0.2, 0.25) is 0 Å². The number of nitrogens with zero attached hydrogens (tertiary/aromatic N) is 1. The van der Waals surface area contributed by atoms with Gasteiger partial charge < -0.3 is 11.5 Å². The van der Waals surface area contributed by atoms with E-state index < -0.39 is 11.8 Å². The van der Waals surface area contributed by atoms with Gasteiger partial charge in [0.2, 0.25) is 0 Å². The zero-order valence-corrected chi connectivity index (χ0v) is 6.86. The lowest BCUT2D eigenvalue weighted by molar-refractivity contribution is -0.115. The first-order valence-electron chi connectivity index (χ1n) is 3.62. The second-order valence-electron chi connectivity index (χ2n) is 2.37. The summed E-state index contributed by atoms with van der Waals surface area (Å²) in [5.41, 5.74) is 12.7. The molecule has 1 aromatic rings. The van der Waals surface area contributed by atoms with E-state index in [1.54, 1.807) is 6.07 Å². The Kier molecular flexibility index (Phi) is 2.65. The smallest absolute Gasteiger partial charge is 0.267 e. The molecule has 13 heavy (non-hydrogen) atoms. The second-order valence-corrected chi connectivity index (χ2v) is 2.37. The summed E-state index contributed by atoms with van der Waals surface area (Å²) in [6.45, 7) is -0.142. The van der Waals surface area contributed by atoms with Crippen molar-refractivity contribution in [2.75, 3.05) is 12.0 Å². The molecule has 0 aliphatic rings. The Morgan fingerprint density at radius 3 is 2.77 bits per heavy atom. The lowest BCUT2D eigenvalue weighted by atomic mass is 10.4. The SMILES string of the molecule is NCC(=O)Nn1cccc1C(N)=O. The lowest BCUT2D eigenvalue weighted by Gasteiger charge is -2.06. The van der Waals surface area contributed by atoms with E-state index in [1.165, 1.54) is 16.9 Å². The summed E-state index contributed by atoms with van der Waals surface area (Å²) in [4.78, 5) is 21.6. The van der Waals surface area contributed by atoms with Crippen molar-refractivity contribution >= 4 is 11.8 Å². The number of hydrogen-bond donors (Lipinski definition) is 3. The number of hydrogen-bond acceptors (Lipinski definition) is 3. The molecule has 0 bridgehead atoms. The standard InChI is InChI=1S/C7H10N4O2/c8-4-6(12)10-11-3-1-2-5(11)7(9)13/h1-3H,4,8H2,(H2,9,13)(H,10,12). The molecular formula is C7H10N4O2. The van der Waals surface area contributed by atoms with Crippen LogP contribution in [0.25, 0.3) is 0 Å². The van der Waals surface area contributed by atoms with E-state index in [4.69, 9.17) is 11.5 Å². The minimum absolute atomic E-state index is 0.142. The highest BCUT2D eigenvalue weighted by Crippen LogP contribution is 1.97. The van der Waals surface area contributed by atoms with E-state index in [9.17, 15) is 9.59 Å². The molecule has 0 radical (unpaired) electrons. The molecule has 0 aliphatic heterocycles. The zero-order chi connectivity index (χ0) is 9.84. The Morgan fingerprint density at radius 2 is 2.23 bits per heavy atom. The van der Waals surface area contributed by atoms with Crippen molar-refractivity contribution in [1.29, 1.82) is 0 Å². The quantitative estimate of drug-likeness (QED) is 0.536. The van der Waals surface area contributed by atoms with Crippen molar-refractivity contribution < 1.29 is 9.59 Å². The third-order valence-electron chi connectivity index (χ3n) is 1.43. The molecule has 0 aromatic carbocycles. The van der Waals surface area contributed by atoms with E-state index in [2.05, 4.69) is 5.43 Å². The van der Waals surface area contributed by atoms with Crippen LogP contribution in [0.3, 0.4) is 0 Å². The molecule has 0 saturated carbocycles. The molecule has 70 valence electrons. The van der Waals surface area contributed by atoms with E-state index in [-0.39, 0.29) is 12.2 Å². The van der Waals surface area contributed by atoms with E-state index in [0.29, 0.717) is 0 Å². The van der Waals surface area contributed by atoms with Gasteiger partial charge in [-0.3, -0.25) is 19.7 Å². The van der Waals surface area contributed by atoms with Crippen LogP contribution in [0.15, 0.2) is 18.3 Å². The Morgan fingerprint density at radius 1 is 1.54 bits per heavy atom. The minimum atomic E-state index is -0.609. The van der Waals surface area contributed by atoms with Crippen molar-refractivity contribution in [3.63, 3.8) is 0 Å². The number of nitrogens with one attached hydrogen (secondary N) is 1. The highest BCUT2D eigenvalue weighted by Gasteiger charge is 2.07. The van der Waals surface area contributed by atoms with Gasteiger partial charge in [0.15, 0.2) is 0 Å². The molecule has 6 heteroatoms. The predicted molar refractivity (Wildman–Crippen MR) is 46.4 cm³/mol. The third kappa shape index (κ3) is 2.06. The fraction of sp³-hybridized carbons (Fsp3) is 0.143. The molecule has 0 unspecified atom stereocenters. The lowest BCUT2D eigenvalue weighted by Crippen LogP contribution is -2.31. The molecule has 0 saturated heterocycles. The summed E-state index contributed by atoms with van der Waals surface area (Å²) in [6.07, 6.45) is 1.51. The maximum atomic E-state index is 10.8. The number of aromatic nitrogens is 1. The Balaban J connectivity index is 2.82. The van der Waals surface area contributed by atoms with Gasteiger partial charge in [-0.25, -0.2) is 0 Å². The van der Waals surface area contributed by atoms with Crippen molar-refractivity contribution in [2.45, 2.75) is 0 Å². The summed E-state index contributed by atoms with van der Waals surface area (Å²) in [5, 5.41) is 0. The maximum absolute atomic E-state index is 10.8. The van der Waals surface area contributed by atoms with E-state index >= 15 is 0 Å².